The second-order valence-electron chi connectivity index (χ2n) is 3.72. The van der Waals surface area contributed by atoms with E-state index in [1.165, 1.54) is 18.2 Å². The molecule has 0 bridgehead atoms. The Morgan fingerprint density at radius 1 is 1.33 bits per heavy atom. The van der Waals surface area contributed by atoms with Crippen molar-refractivity contribution >= 4 is 15.9 Å². The number of rotatable bonds is 5. The molecule has 1 atom stereocenters. The van der Waals surface area contributed by atoms with Crippen molar-refractivity contribution in [2.45, 2.75) is 18.7 Å². The predicted molar refractivity (Wildman–Crippen MR) is 60.7 cm³/mol. The van der Waals surface area contributed by atoms with Crippen LogP contribution in [0.1, 0.15) is 5.56 Å². The van der Waals surface area contributed by atoms with Gasteiger partial charge in [-0.1, -0.05) is 22.0 Å². The molecule has 0 amide bonds. The first-order valence-electron chi connectivity index (χ1n) is 5.04. The van der Waals surface area contributed by atoms with Crippen molar-refractivity contribution in [3.05, 3.63) is 34.1 Å². The van der Waals surface area contributed by atoms with Crippen LogP contribution in [0.15, 0.2) is 22.7 Å². The second kappa shape index (κ2) is 6.49. The normalized spacial score (nSPS) is 13.7. The van der Waals surface area contributed by atoms with Crippen LogP contribution in [0.4, 0.5) is 17.6 Å². The van der Waals surface area contributed by atoms with Gasteiger partial charge < -0.3 is 9.84 Å². The average Bonchev–Trinajstić information content (AvgIpc) is 2.20. The van der Waals surface area contributed by atoms with Gasteiger partial charge in [-0.2, -0.15) is 13.2 Å². The van der Waals surface area contributed by atoms with Gasteiger partial charge in [-0.15, -0.1) is 0 Å². The summed E-state index contributed by atoms with van der Waals surface area (Å²) < 4.78 is 52.9. The van der Waals surface area contributed by atoms with Crippen LogP contribution in [0.2, 0.25) is 0 Å². The molecule has 102 valence electrons. The van der Waals surface area contributed by atoms with Crippen molar-refractivity contribution in [3.63, 3.8) is 0 Å². The van der Waals surface area contributed by atoms with Crippen molar-refractivity contribution in [2.24, 2.45) is 0 Å². The Morgan fingerprint density at radius 2 is 2.00 bits per heavy atom. The molecule has 0 radical (unpaired) electrons. The maximum atomic E-state index is 12.8. The van der Waals surface area contributed by atoms with Crippen molar-refractivity contribution in [3.8, 4) is 0 Å². The molecular weight excluding hydrogens is 320 g/mol. The van der Waals surface area contributed by atoms with Crippen LogP contribution in [0.5, 0.6) is 0 Å². The van der Waals surface area contributed by atoms with E-state index >= 15 is 0 Å². The minimum Gasteiger partial charge on any atom is -0.390 e. The lowest BCUT2D eigenvalue weighted by molar-refractivity contribution is -0.179. The highest BCUT2D eigenvalue weighted by atomic mass is 79.9. The molecular formula is C11H11BrF4O2. The topological polar surface area (TPSA) is 29.5 Å². The minimum atomic E-state index is -4.41. The van der Waals surface area contributed by atoms with E-state index in [9.17, 15) is 22.7 Å². The Morgan fingerprint density at radius 3 is 2.56 bits per heavy atom. The number of hydrogen-bond acceptors (Lipinski definition) is 2. The van der Waals surface area contributed by atoms with Gasteiger partial charge in [-0.3, -0.25) is 0 Å². The van der Waals surface area contributed by atoms with Crippen LogP contribution < -0.4 is 0 Å². The molecule has 0 aromatic heterocycles. The van der Waals surface area contributed by atoms with E-state index in [1.807, 2.05) is 0 Å². The third-order valence-corrected chi connectivity index (χ3v) is 2.78. The zero-order valence-corrected chi connectivity index (χ0v) is 10.8. The first-order valence-corrected chi connectivity index (χ1v) is 5.84. The summed E-state index contributed by atoms with van der Waals surface area (Å²) in [5.41, 5.74) is 0.597. The summed E-state index contributed by atoms with van der Waals surface area (Å²) >= 11 is 3.10. The number of aliphatic hydroxyl groups excluding tert-OH is 1. The Kier molecular flexibility index (Phi) is 5.55. The Bertz CT molecular complexity index is 395. The lowest BCUT2D eigenvalue weighted by atomic mass is 10.1. The quantitative estimate of drug-likeness (QED) is 0.841. The second-order valence-corrected chi connectivity index (χ2v) is 4.58. The Balaban J connectivity index is 2.42. The fourth-order valence-corrected chi connectivity index (χ4v) is 1.82. The number of aliphatic hydroxyl groups is 1. The van der Waals surface area contributed by atoms with E-state index in [2.05, 4.69) is 20.7 Å². The van der Waals surface area contributed by atoms with E-state index in [0.29, 0.717) is 10.0 Å². The lowest BCUT2D eigenvalue weighted by Crippen LogP contribution is -2.24. The Hall–Kier alpha value is -0.660. The number of halogens is 5. The third kappa shape index (κ3) is 5.79. The summed E-state index contributed by atoms with van der Waals surface area (Å²) in [7, 11) is 0. The summed E-state index contributed by atoms with van der Waals surface area (Å²) in [6.45, 7) is -1.82. The zero-order chi connectivity index (χ0) is 13.8. The summed E-state index contributed by atoms with van der Waals surface area (Å²) in [5.74, 6) is -0.437. The van der Waals surface area contributed by atoms with Gasteiger partial charge in [-0.25, -0.2) is 4.39 Å². The molecule has 0 heterocycles. The van der Waals surface area contributed by atoms with Gasteiger partial charge in [0, 0.05) is 10.9 Å². The highest BCUT2D eigenvalue weighted by molar-refractivity contribution is 9.10. The largest absolute Gasteiger partial charge is 0.411 e. The molecule has 1 N–H and O–H groups in total. The monoisotopic (exact) mass is 330 g/mol. The van der Waals surface area contributed by atoms with Gasteiger partial charge in [0.15, 0.2) is 0 Å². The van der Waals surface area contributed by atoms with E-state index < -0.39 is 31.3 Å². The highest BCUT2D eigenvalue weighted by Gasteiger charge is 2.27. The first kappa shape index (κ1) is 15.4. The third-order valence-electron chi connectivity index (χ3n) is 2.05. The van der Waals surface area contributed by atoms with E-state index in [0.717, 1.165) is 0 Å². The van der Waals surface area contributed by atoms with E-state index in [1.54, 1.807) is 0 Å². The summed E-state index contributed by atoms with van der Waals surface area (Å²) in [6, 6.07) is 3.88. The molecule has 0 aliphatic heterocycles. The van der Waals surface area contributed by atoms with Gasteiger partial charge in [0.2, 0.25) is 0 Å². The van der Waals surface area contributed by atoms with Gasteiger partial charge in [0.1, 0.15) is 12.4 Å². The summed E-state index contributed by atoms with van der Waals surface area (Å²) in [5, 5.41) is 9.49. The standard InChI is InChI=1S/C11H11BrF4O2/c12-10-4-8(13)2-1-7(10)3-9(17)5-18-6-11(14,15)16/h1-2,4,9,17H,3,5-6H2. The van der Waals surface area contributed by atoms with Crippen LogP contribution in [0.25, 0.3) is 0 Å². The molecule has 2 nitrogen and oxygen atoms in total. The number of hydrogen-bond donors (Lipinski definition) is 1. The van der Waals surface area contributed by atoms with E-state index in [4.69, 9.17) is 0 Å². The maximum Gasteiger partial charge on any atom is 0.411 e. The molecule has 7 heteroatoms. The SMILES string of the molecule is OC(COCC(F)(F)F)Cc1ccc(F)cc1Br. The number of alkyl halides is 3. The van der Waals surface area contributed by atoms with E-state index in [-0.39, 0.29) is 6.42 Å². The van der Waals surface area contributed by atoms with Crippen LogP contribution in [-0.2, 0) is 11.2 Å². The van der Waals surface area contributed by atoms with Gasteiger partial charge in [0.05, 0.1) is 12.7 Å². The predicted octanol–water partition coefficient (Wildman–Crippen LogP) is 3.07. The molecule has 18 heavy (non-hydrogen) atoms. The number of ether oxygens (including phenoxy) is 1. The molecule has 1 aromatic rings. The highest BCUT2D eigenvalue weighted by Crippen LogP contribution is 2.20. The van der Waals surface area contributed by atoms with Crippen LogP contribution >= 0.6 is 15.9 Å². The fraction of sp³-hybridized carbons (Fsp3) is 0.455. The van der Waals surface area contributed by atoms with Gasteiger partial charge >= 0.3 is 6.18 Å². The van der Waals surface area contributed by atoms with Crippen molar-refractivity contribution in [1.82, 2.24) is 0 Å². The molecule has 1 aromatic carbocycles. The molecule has 0 saturated carbocycles. The van der Waals surface area contributed by atoms with Crippen LogP contribution in [0, 0.1) is 5.82 Å². The molecule has 0 aliphatic carbocycles. The molecule has 0 aliphatic rings. The lowest BCUT2D eigenvalue weighted by Gasteiger charge is -2.13. The molecule has 0 spiro atoms. The van der Waals surface area contributed by atoms with Crippen molar-refractivity contribution < 1.29 is 27.4 Å². The minimum absolute atomic E-state index is 0.0821. The number of benzene rings is 1. The average molecular weight is 331 g/mol. The van der Waals surface area contributed by atoms with Crippen LogP contribution in [0.3, 0.4) is 0 Å². The molecule has 1 rings (SSSR count). The van der Waals surface area contributed by atoms with Crippen molar-refractivity contribution in [1.29, 1.82) is 0 Å². The summed E-state index contributed by atoms with van der Waals surface area (Å²) in [4.78, 5) is 0. The smallest absolute Gasteiger partial charge is 0.390 e. The summed E-state index contributed by atoms with van der Waals surface area (Å²) in [6.07, 6.45) is -5.40. The van der Waals surface area contributed by atoms with Crippen molar-refractivity contribution in [2.75, 3.05) is 13.2 Å². The first-order chi connectivity index (χ1) is 8.28. The van der Waals surface area contributed by atoms with Crippen LogP contribution in [-0.4, -0.2) is 30.6 Å². The molecule has 1 unspecified atom stereocenters. The maximum absolute atomic E-state index is 12.8. The van der Waals surface area contributed by atoms with Gasteiger partial charge in [0.25, 0.3) is 0 Å². The Labute approximate surface area is 110 Å². The zero-order valence-electron chi connectivity index (χ0n) is 9.18. The van der Waals surface area contributed by atoms with Gasteiger partial charge in [-0.05, 0) is 17.7 Å². The molecule has 0 fully saturated rings. The fourth-order valence-electron chi connectivity index (χ4n) is 1.31. The molecule has 0 saturated heterocycles.